The molecule has 1 atom stereocenters. The van der Waals surface area contributed by atoms with Crippen molar-refractivity contribution in [1.82, 2.24) is 20.3 Å². The first-order valence-corrected chi connectivity index (χ1v) is 7.80. The smallest absolute Gasteiger partial charge is 0.255 e. The van der Waals surface area contributed by atoms with Gasteiger partial charge >= 0.3 is 0 Å². The number of pyridine rings is 1. The topological polar surface area (TPSA) is 70.7 Å². The number of aromatic amines is 1. The van der Waals surface area contributed by atoms with Gasteiger partial charge in [0.1, 0.15) is 11.0 Å². The number of fused-ring (bicyclic) bond motifs is 1. The van der Waals surface area contributed by atoms with Crippen LogP contribution in [0.3, 0.4) is 0 Å². The molecule has 1 amide bonds. The molecule has 23 heavy (non-hydrogen) atoms. The first-order valence-electron chi connectivity index (χ1n) is 7.42. The summed E-state index contributed by atoms with van der Waals surface area (Å²) in [5.74, 6) is 0.631. The van der Waals surface area contributed by atoms with E-state index in [0.717, 1.165) is 16.9 Å². The molecule has 0 fully saturated rings. The van der Waals surface area contributed by atoms with Crippen molar-refractivity contribution in [3.63, 3.8) is 0 Å². The molecule has 0 saturated carbocycles. The van der Waals surface area contributed by atoms with Gasteiger partial charge in [-0.15, -0.1) is 0 Å². The fraction of sp³-hybridized carbons (Fsp3) is 0.235. The third kappa shape index (κ3) is 3.19. The lowest BCUT2D eigenvalue weighted by Crippen LogP contribution is -2.32. The number of amides is 1. The van der Waals surface area contributed by atoms with Crippen LogP contribution in [-0.2, 0) is 0 Å². The molecule has 2 N–H and O–H groups in total. The van der Waals surface area contributed by atoms with Crippen LogP contribution < -0.4 is 5.32 Å². The van der Waals surface area contributed by atoms with Gasteiger partial charge in [-0.2, -0.15) is 0 Å². The van der Waals surface area contributed by atoms with Crippen LogP contribution in [0.4, 0.5) is 0 Å². The van der Waals surface area contributed by atoms with Crippen molar-refractivity contribution in [3.8, 4) is 0 Å². The number of carbonyl (C=O) groups excluding carboxylic acids is 1. The van der Waals surface area contributed by atoms with Crippen LogP contribution in [0.1, 0.15) is 36.1 Å². The molecular weight excluding hydrogens is 312 g/mol. The summed E-state index contributed by atoms with van der Waals surface area (Å²) in [7, 11) is 0. The van der Waals surface area contributed by atoms with Crippen LogP contribution in [0, 0.1) is 5.92 Å². The summed E-state index contributed by atoms with van der Waals surface area (Å²) in [6, 6.07) is 10.9. The highest BCUT2D eigenvalue weighted by atomic mass is 35.5. The van der Waals surface area contributed by atoms with Crippen LogP contribution in [0.2, 0.25) is 5.15 Å². The Morgan fingerprint density at radius 3 is 2.70 bits per heavy atom. The van der Waals surface area contributed by atoms with Gasteiger partial charge in [-0.25, -0.2) is 9.97 Å². The molecule has 0 aliphatic heterocycles. The van der Waals surface area contributed by atoms with E-state index in [1.54, 1.807) is 18.3 Å². The van der Waals surface area contributed by atoms with E-state index in [9.17, 15) is 4.79 Å². The summed E-state index contributed by atoms with van der Waals surface area (Å²) in [5, 5.41) is 3.19. The number of imidazole rings is 1. The first kappa shape index (κ1) is 15.5. The Morgan fingerprint density at radius 2 is 2.00 bits per heavy atom. The number of nitrogens with one attached hydrogen (secondary N) is 2. The second-order valence-corrected chi connectivity index (χ2v) is 6.03. The molecule has 3 rings (SSSR count). The molecule has 6 heteroatoms. The summed E-state index contributed by atoms with van der Waals surface area (Å²) < 4.78 is 0. The zero-order chi connectivity index (χ0) is 16.4. The maximum absolute atomic E-state index is 12.5. The Morgan fingerprint density at radius 1 is 1.22 bits per heavy atom. The van der Waals surface area contributed by atoms with E-state index in [-0.39, 0.29) is 23.0 Å². The molecule has 5 nitrogen and oxygen atoms in total. The van der Waals surface area contributed by atoms with E-state index in [0.29, 0.717) is 5.56 Å². The molecule has 0 bridgehead atoms. The van der Waals surface area contributed by atoms with Crippen molar-refractivity contribution in [2.75, 3.05) is 0 Å². The molecule has 118 valence electrons. The van der Waals surface area contributed by atoms with Gasteiger partial charge < -0.3 is 10.3 Å². The number of hydrogen-bond donors (Lipinski definition) is 2. The minimum Gasteiger partial charge on any atom is -0.342 e. The van der Waals surface area contributed by atoms with Crippen LogP contribution >= 0.6 is 11.6 Å². The third-order valence-corrected chi connectivity index (χ3v) is 3.96. The summed E-state index contributed by atoms with van der Waals surface area (Å²) in [4.78, 5) is 24.3. The Bertz CT molecular complexity index is 810. The molecule has 2 heterocycles. The molecule has 0 aliphatic carbocycles. The zero-order valence-electron chi connectivity index (χ0n) is 12.9. The second-order valence-electron chi connectivity index (χ2n) is 5.68. The zero-order valence-corrected chi connectivity index (χ0v) is 13.6. The lowest BCUT2D eigenvalue weighted by molar-refractivity contribution is 0.0923. The van der Waals surface area contributed by atoms with Gasteiger partial charge in [-0.1, -0.05) is 37.6 Å². The number of para-hydroxylation sites is 2. The average molecular weight is 329 g/mol. The highest BCUT2D eigenvalue weighted by molar-refractivity contribution is 6.32. The largest absolute Gasteiger partial charge is 0.342 e. The summed E-state index contributed by atoms with van der Waals surface area (Å²) in [5.41, 5.74) is 2.18. The van der Waals surface area contributed by atoms with Gasteiger partial charge in [-0.05, 0) is 30.2 Å². The van der Waals surface area contributed by atoms with Gasteiger partial charge in [0.2, 0.25) is 0 Å². The first-order chi connectivity index (χ1) is 11.1. The molecule has 3 aromatic rings. The minimum absolute atomic E-state index is 0.162. The highest BCUT2D eigenvalue weighted by Crippen LogP contribution is 2.23. The van der Waals surface area contributed by atoms with Crippen molar-refractivity contribution in [2.45, 2.75) is 19.9 Å². The lowest BCUT2D eigenvalue weighted by Gasteiger charge is -2.20. The second kappa shape index (κ2) is 6.38. The fourth-order valence-corrected chi connectivity index (χ4v) is 2.65. The van der Waals surface area contributed by atoms with E-state index >= 15 is 0 Å². The molecule has 0 saturated heterocycles. The van der Waals surface area contributed by atoms with Crippen molar-refractivity contribution < 1.29 is 4.79 Å². The predicted octanol–water partition coefficient (Wildman–Crippen LogP) is 3.74. The number of nitrogens with zero attached hydrogens (tertiary/aromatic N) is 2. The van der Waals surface area contributed by atoms with Crippen molar-refractivity contribution in [1.29, 1.82) is 0 Å². The SMILES string of the molecule is CC(C)C(NC(=O)c1cccnc1Cl)c1nc2ccccc2[nH]1. The molecular formula is C17H17ClN4O. The molecule has 0 aliphatic rings. The monoisotopic (exact) mass is 328 g/mol. The Hall–Kier alpha value is -2.40. The maximum atomic E-state index is 12.5. The number of benzene rings is 1. The van der Waals surface area contributed by atoms with Crippen molar-refractivity contribution in [2.24, 2.45) is 5.92 Å². The molecule has 1 unspecified atom stereocenters. The van der Waals surface area contributed by atoms with Gasteiger partial charge in [0, 0.05) is 6.20 Å². The maximum Gasteiger partial charge on any atom is 0.255 e. The number of rotatable bonds is 4. The van der Waals surface area contributed by atoms with Gasteiger partial charge in [-0.3, -0.25) is 4.79 Å². The standard InChI is InChI=1S/C17H17ClN4O/c1-10(2)14(16-20-12-7-3-4-8-13(12)21-16)22-17(23)11-6-5-9-19-15(11)18/h3-10,14H,1-2H3,(H,20,21)(H,22,23). The van der Waals surface area contributed by atoms with Crippen LogP contribution in [0.15, 0.2) is 42.6 Å². The molecule has 2 aromatic heterocycles. The van der Waals surface area contributed by atoms with Crippen molar-refractivity contribution in [3.05, 3.63) is 59.1 Å². The minimum atomic E-state index is -0.262. The van der Waals surface area contributed by atoms with E-state index < -0.39 is 0 Å². The quantitative estimate of drug-likeness (QED) is 0.717. The molecule has 0 radical (unpaired) electrons. The normalized spacial score (nSPS) is 12.5. The summed E-state index contributed by atoms with van der Waals surface area (Å²) in [6.45, 7) is 4.06. The Balaban J connectivity index is 1.90. The van der Waals surface area contributed by atoms with E-state index in [2.05, 4.69) is 20.3 Å². The molecule has 1 aromatic carbocycles. The van der Waals surface area contributed by atoms with Crippen LogP contribution in [0.25, 0.3) is 11.0 Å². The third-order valence-electron chi connectivity index (χ3n) is 3.66. The highest BCUT2D eigenvalue weighted by Gasteiger charge is 2.23. The van der Waals surface area contributed by atoms with Crippen molar-refractivity contribution >= 4 is 28.5 Å². The lowest BCUT2D eigenvalue weighted by atomic mass is 10.0. The number of carbonyl (C=O) groups is 1. The average Bonchev–Trinajstić information content (AvgIpc) is 2.96. The number of H-pyrrole nitrogens is 1. The summed E-state index contributed by atoms with van der Waals surface area (Å²) >= 11 is 6.00. The van der Waals surface area contributed by atoms with Crippen LogP contribution in [-0.4, -0.2) is 20.9 Å². The number of hydrogen-bond acceptors (Lipinski definition) is 3. The Kier molecular flexibility index (Phi) is 4.30. The fourth-order valence-electron chi connectivity index (χ4n) is 2.44. The summed E-state index contributed by atoms with van der Waals surface area (Å²) in [6.07, 6.45) is 1.55. The number of halogens is 1. The van der Waals surface area contributed by atoms with Gasteiger partial charge in [0.25, 0.3) is 5.91 Å². The van der Waals surface area contributed by atoms with Gasteiger partial charge in [0.15, 0.2) is 0 Å². The Labute approximate surface area is 139 Å². The predicted molar refractivity (Wildman–Crippen MR) is 90.4 cm³/mol. The van der Waals surface area contributed by atoms with E-state index in [1.165, 1.54) is 0 Å². The van der Waals surface area contributed by atoms with E-state index in [4.69, 9.17) is 11.6 Å². The van der Waals surface area contributed by atoms with E-state index in [1.807, 2.05) is 38.1 Å². The molecule has 0 spiro atoms. The van der Waals surface area contributed by atoms with Gasteiger partial charge in [0.05, 0.1) is 22.6 Å². The number of aromatic nitrogens is 3. The van der Waals surface area contributed by atoms with Crippen LogP contribution in [0.5, 0.6) is 0 Å².